The van der Waals surface area contributed by atoms with Gasteiger partial charge in [-0.25, -0.2) is 10.8 Å². The van der Waals surface area contributed by atoms with Crippen LogP contribution in [0.1, 0.15) is 62.5 Å². The van der Waals surface area contributed by atoms with Crippen LogP contribution >= 0.6 is 0 Å². The number of hydrogen-bond acceptors (Lipinski definition) is 4. The number of anilines is 1. The summed E-state index contributed by atoms with van der Waals surface area (Å²) < 4.78 is 0. The second-order valence-electron chi connectivity index (χ2n) is 6.92. The number of hydrazine groups is 1. The minimum Gasteiger partial charge on any atom is -0.339 e. The highest BCUT2D eigenvalue weighted by Gasteiger charge is 2.28. The third-order valence-electron chi connectivity index (χ3n) is 4.24. The van der Waals surface area contributed by atoms with Crippen molar-refractivity contribution >= 4 is 11.7 Å². The molecule has 1 fully saturated rings. The third kappa shape index (κ3) is 3.73. The van der Waals surface area contributed by atoms with E-state index < -0.39 is 0 Å². The average molecular weight is 290 g/mol. The van der Waals surface area contributed by atoms with Crippen molar-refractivity contribution in [3.8, 4) is 0 Å². The summed E-state index contributed by atoms with van der Waals surface area (Å²) in [5, 5.41) is 0. The Morgan fingerprint density at radius 1 is 1.33 bits per heavy atom. The fourth-order valence-electron chi connectivity index (χ4n) is 2.54. The molecule has 0 spiro atoms. The fraction of sp³-hybridized carbons (Fsp3) is 0.625. The highest BCUT2D eigenvalue weighted by atomic mass is 16.2. The Bertz CT molecular complexity index is 515. The van der Waals surface area contributed by atoms with Gasteiger partial charge in [-0.3, -0.25) is 4.79 Å². The maximum Gasteiger partial charge on any atom is 0.254 e. The van der Waals surface area contributed by atoms with Gasteiger partial charge in [0, 0.05) is 24.3 Å². The molecule has 5 heteroatoms. The van der Waals surface area contributed by atoms with Crippen LogP contribution in [-0.4, -0.2) is 28.9 Å². The first kappa shape index (κ1) is 15.8. The maximum atomic E-state index is 12.7. The number of amides is 1. The van der Waals surface area contributed by atoms with Gasteiger partial charge in [0.15, 0.2) is 0 Å². The van der Waals surface area contributed by atoms with Gasteiger partial charge in [-0.2, -0.15) is 0 Å². The quantitative estimate of drug-likeness (QED) is 0.663. The van der Waals surface area contributed by atoms with E-state index in [1.165, 1.54) is 0 Å². The molecule has 1 amide bonds. The van der Waals surface area contributed by atoms with Crippen molar-refractivity contribution in [2.24, 2.45) is 11.3 Å². The van der Waals surface area contributed by atoms with Crippen molar-refractivity contribution in [1.29, 1.82) is 0 Å². The number of pyridine rings is 1. The zero-order valence-corrected chi connectivity index (χ0v) is 13.4. The number of nitrogens with zero attached hydrogens (tertiary/aromatic N) is 2. The van der Waals surface area contributed by atoms with Gasteiger partial charge in [0.05, 0.1) is 0 Å². The Balaban J connectivity index is 2.21. The lowest BCUT2D eigenvalue weighted by molar-refractivity contribution is 0.0630. The van der Waals surface area contributed by atoms with Crippen molar-refractivity contribution in [1.82, 2.24) is 9.88 Å². The van der Waals surface area contributed by atoms with Crippen LogP contribution in [0.15, 0.2) is 12.1 Å². The molecule has 1 aliphatic rings. The molecule has 116 valence electrons. The van der Waals surface area contributed by atoms with Crippen LogP contribution in [0, 0.1) is 5.41 Å². The topological polar surface area (TPSA) is 71.2 Å². The number of nitrogens with one attached hydrogen (secondary N) is 1. The Hall–Kier alpha value is -1.62. The van der Waals surface area contributed by atoms with Gasteiger partial charge in [-0.05, 0) is 36.3 Å². The molecule has 0 bridgehead atoms. The van der Waals surface area contributed by atoms with Crippen LogP contribution in [0.25, 0.3) is 0 Å². The van der Waals surface area contributed by atoms with Gasteiger partial charge in [-0.1, -0.05) is 27.7 Å². The van der Waals surface area contributed by atoms with Crippen molar-refractivity contribution in [2.45, 2.75) is 46.5 Å². The Morgan fingerprint density at radius 2 is 1.95 bits per heavy atom. The van der Waals surface area contributed by atoms with Crippen LogP contribution < -0.4 is 11.3 Å². The first-order valence-corrected chi connectivity index (χ1v) is 7.60. The molecule has 1 aromatic rings. The van der Waals surface area contributed by atoms with E-state index in [-0.39, 0.29) is 11.8 Å². The normalized spacial score (nSPS) is 17.9. The first-order valence-electron chi connectivity index (χ1n) is 7.60. The summed E-state index contributed by atoms with van der Waals surface area (Å²) in [6.07, 6.45) is 2.09. The fourth-order valence-corrected chi connectivity index (χ4v) is 2.54. The standard InChI is InChI=1S/C16H26N4O/c1-11(2)13-9-12(10-14(18-13)19-17)15(21)20-7-5-16(3,4)6-8-20/h9-11H,5-8,17H2,1-4H3,(H,18,19). The maximum absolute atomic E-state index is 12.7. The lowest BCUT2D eigenvalue weighted by atomic mass is 9.82. The molecule has 0 radical (unpaired) electrons. The molecule has 0 aromatic carbocycles. The van der Waals surface area contributed by atoms with E-state index in [1.54, 1.807) is 6.07 Å². The van der Waals surface area contributed by atoms with Crippen LogP contribution in [0.4, 0.5) is 5.82 Å². The molecule has 2 rings (SSSR count). The van der Waals surface area contributed by atoms with E-state index in [1.807, 2.05) is 11.0 Å². The molecular weight excluding hydrogens is 264 g/mol. The van der Waals surface area contributed by atoms with E-state index in [0.29, 0.717) is 16.8 Å². The number of likely N-dealkylation sites (tertiary alicyclic amines) is 1. The summed E-state index contributed by atoms with van der Waals surface area (Å²) in [5.74, 6) is 6.34. The van der Waals surface area contributed by atoms with E-state index >= 15 is 0 Å². The molecule has 21 heavy (non-hydrogen) atoms. The largest absolute Gasteiger partial charge is 0.339 e. The van der Waals surface area contributed by atoms with Gasteiger partial charge in [0.1, 0.15) is 5.82 Å². The van der Waals surface area contributed by atoms with Crippen LogP contribution in [0.5, 0.6) is 0 Å². The number of nitrogens with two attached hydrogens (primary N) is 1. The summed E-state index contributed by atoms with van der Waals surface area (Å²) in [6.45, 7) is 10.3. The zero-order chi connectivity index (χ0) is 15.6. The second kappa shape index (κ2) is 6.02. The lowest BCUT2D eigenvalue weighted by Crippen LogP contribution is -2.41. The minimum atomic E-state index is 0.0753. The lowest BCUT2D eigenvalue weighted by Gasteiger charge is -2.37. The summed E-state index contributed by atoms with van der Waals surface area (Å²) in [5.41, 5.74) is 4.44. The number of nitrogen functional groups attached to an aromatic ring is 1. The molecule has 0 unspecified atom stereocenters. The number of carbonyl (C=O) groups is 1. The molecule has 1 saturated heterocycles. The van der Waals surface area contributed by atoms with E-state index in [2.05, 4.69) is 38.1 Å². The molecule has 0 saturated carbocycles. The van der Waals surface area contributed by atoms with Gasteiger partial charge in [0.25, 0.3) is 5.91 Å². The molecule has 5 nitrogen and oxygen atoms in total. The smallest absolute Gasteiger partial charge is 0.254 e. The predicted molar refractivity (Wildman–Crippen MR) is 85.1 cm³/mol. The highest BCUT2D eigenvalue weighted by molar-refractivity contribution is 5.95. The molecule has 2 heterocycles. The average Bonchev–Trinajstić information content (AvgIpc) is 2.46. The predicted octanol–water partition coefficient (Wildman–Crippen LogP) is 2.75. The van der Waals surface area contributed by atoms with E-state index in [9.17, 15) is 4.79 Å². The number of carbonyl (C=O) groups excluding carboxylic acids is 1. The van der Waals surface area contributed by atoms with Gasteiger partial charge in [0.2, 0.25) is 0 Å². The molecule has 1 aromatic heterocycles. The molecule has 0 atom stereocenters. The third-order valence-corrected chi connectivity index (χ3v) is 4.24. The zero-order valence-electron chi connectivity index (χ0n) is 13.4. The SMILES string of the molecule is CC(C)c1cc(C(=O)N2CCC(C)(C)CC2)cc(NN)n1. The van der Waals surface area contributed by atoms with E-state index in [4.69, 9.17) is 5.84 Å². The highest BCUT2D eigenvalue weighted by Crippen LogP contribution is 2.30. The summed E-state index contributed by atoms with van der Waals surface area (Å²) in [6, 6.07) is 3.61. The summed E-state index contributed by atoms with van der Waals surface area (Å²) >= 11 is 0. The molecule has 3 N–H and O–H groups in total. The van der Waals surface area contributed by atoms with Crippen molar-refractivity contribution in [3.63, 3.8) is 0 Å². The van der Waals surface area contributed by atoms with Crippen LogP contribution in [0.3, 0.4) is 0 Å². The van der Waals surface area contributed by atoms with Crippen molar-refractivity contribution in [3.05, 3.63) is 23.4 Å². The monoisotopic (exact) mass is 290 g/mol. The Labute approximate surface area is 126 Å². The Morgan fingerprint density at radius 3 is 2.48 bits per heavy atom. The number of rotatable bonds is 3. The van der Waals surface area contributed by atoms with Crippen molar-refractivity contribution < 1.29 is 4.79 Å². The van der Waals surface area contributed by atoms with Gasteiger partial charge in [-0.15, -0.1) is 0 Å². The van der Waals surface area contributed by atoms with Crippen LogP contribution in [0.2, 0.25) is 0 Å². The molecule has 1 aliphatic heterocycles. The summed E-state index contributed by atoms with van der Waals surface area (Å²) in [7, 11) is 0. The van der Waals surface area contributed by atoms with Gasteiger partial charge >= 0.3 is 0 Å². The Kier molecular flexibility index (Phi) is 4.52. The van der Waals surface area contributed by atoms with E-state index in [0.717, 1.165) is 31.6 Å². The number of piperidine rings is 1. The van der Waals surface area contributed by atoms with Gasteiger partial charge < -0.3 is 10.3 Å². The summed E-state index contributed by atoms with van der Waals surface area (Å²) in [4.78, 5) is 19.0. The second-order valence-corrected chi connectivity index (χ2v) is 6.92. The number of hydrogen-bond donors (Lipinski definition) is 2. The minimum absolute atomic E-state index is 0.0753. The van der Waals surface area contributed by atoms with Crippen LogP contribution in [-0.2, 0) is 0 Å². The molecular formula is C16H26N4O. The van der Waals surface area contributed by atoms with Crippen molar-refractivity contribution in [2.75, 3.05) is 18.5 Å². The number of aromatic nitrogens is 1. The first-order chi connectivity index (χ1) is 9.82. The molecule has 0 aliphatic carbocycles.